The van der Waals surface area contributed by atoms with Crippen LogP contribution in [0.4, 0.5) is 34.9 Å². The van der Waals surface area contributed by atoms with Gasteiger partial charge in [-0.1, -0.05) is 113 Å². The SMILES string of the molecule is C.COC(=O)C1CCN(S(=O)(=O)c2cnc3n2[C@](C)(Cc2ccc(C#N)cc2)C(=O)N3c2cc(Cl)cc(Cl)c2)CC1.C[C@@]1(Cc2ccc(C#N)cc2)C(=O)N(c2cc(Cl)cc(Cl)c2)c2ncc(S(=O)(=O)N3CCC(C(=O)O)CC3)n21.C[C@@]1(Cc2ccc(C#N)cc2)C(=O)N(c2cc(Cl)cc(Cl)c2)c2ncc(S(=O)(=O)N3CCC(C(N)=O)CC3)n21. The number of aliphatic carboxylic acids is 1. The number of rotatable bonds is 18. The molecule has 0 aliphatic carbocycles. The first-order valence-electron chi connectivity index (χ1n) is 36.6. The largest absolute Gasteiger partial charge is 0.481 e. The number of methoxy groups -OCH3 is 1. The fourth-order valence-corrected chi connectivity index (χ4v) is 22.3. The van der Waals surface area contributed by atoms with Crippen LogP contribution in [0.2, 0.25) is 30.1 Å². The number of halogens is 6. The molecule has 119 heavy (non-hydrogen) atoms. The first kappa shape index (κ1) is 88.0. The Labute approximate surface area is 716 Å². The third-order valence-corrected chi connectivity index (χ3v) is 28.8. The van der Waals surface area contributed by atoms with Crippen LogP contribution in [0, 0.1) is 51.7 Å². The number of primary amides is 1. The van der Waals surface area contributed by atoms with Crippen molar-refractivity contribution in [2.45, 2.75) is 118 Å². The fraction of sp³-hybridized carbons (Fsp3) is 0.325. The smallest absolute Gasteiger partial charge is 0.308 e. The quantitative estimate of drug-likeness (QED) is 0.0753. The van der Waals surface area contributed by atoms with Gasteiger partial charge in [0.25, 0.3) is 47.8 Å². The Morgan fingerprint density at radius 2 is 0.689 bits per heavy atom. The van der Waals surface area contributed by atoms with Gasteiger partial charge in [0.1, 0.15) is 16.6 Å². The van der Waals surface area contributed by atoms with Gasteiger partial charge in [0.2, 0.25) is 23.8 Å². The average Bonchev–Trinajstić information content (AvgIpc) is 1.56. The molecule has 4 amide bonds. The molecule has 3 atom stereocenters. The van der Waals surface area contributed by atoms with Crippen molar-refractivity contribution in [3.8, 4) is 18.2 Å². The lowest BCUT2D eigenvalue weighted by molar-refractivity contribution is -0.146. The number of esters is 1. The van der Waals surface area contributed by atoms with E-state index in [1.165, 1.54) is 85.2 Å². The molecule has 9 aromatic rings. The van der Waals surface area contributed by atoms with Gasteiger partial charge in [-0.25, -0.2) is 54.9 Å². The predicted molar refractivity (Wildman–Crippen MR) is 443 cm³/mol. The summed E-state index contributed by atoms with van der Waals surface area (Å²) in [6.45, 7) is 5.50. The molecule has 3 saturated heterocycles. The Morgan fingerprint density at radius 3 is 0.916 bits per heavy atom. The predicted octanol–water partition coefficient (Wildman–Crippen LogP) is 12.7. The van der Waals surface area contributed by atoms with Crippen molar-refractivity contribution >= 4 is 170 Å². The summed E-state index contributed by atoms with van der Waals surface area (Å²) in [6, 6.07) is 40.3. The first-order valence-corrected chi connectivity index (χ1v) is 43.2. The second kappa shape index (κ2) is 34.4. The van der Waals surface area contributed by atoms with E-state index in [0.717, 1.165) is 11.1 Å². The highest BCUT2D eigenvalue weighted by atomic mass is 35.5. The van der Waals surface area contributed by atoms with E-state index in [-0.39, 0.29) is 130 Å². The second-order valence-electron chi connectivity index (χ2n) is 29.6. The third kappa shape index (κ3) is 16.8. The monoisotopic (exact) mass is 1790 g/mol. The van der Waals surface area contributed by atoms with Gasteiger partial charge in [0, 0.05) is 94.6 Å². The molecule has 3 aromatic heterocycles. The highest BCUT2D eigenvalue weighted by Gasteiger charge is 2.56. The zero-order valence-corrected chi connectivity index (χ0v) is 70.2. The molecule has 620 valence electrons. The minimum Gasteiger partial charge on any atom is -0.481 e. The Kier molecular flexibility index (Phi) is 25.5. The molecular formula is C80H76Cl6N16O14S3. The number of carboxylic acid groups (broad SMARTS) is 1. The highest BCUT2D eigenvalue weighted by molar-refractivity contribution is 7.89. The molecule has 15 rings (SSSR count). The number of piperidine rings is 3. The van der Waals surface area contributed by atoms with E-state index in [1.807, 2.05) is 0 Å². The summed E-state index contributed by atoms with van der Waals surface area (Å²) < 4.78 is 96.5. The van der Waals surface area contributed by atoms with Crippen LogP contribution in [0.25, 0.3) is 0 Å². The maximum absolute atomic E-state index is 14.2. The van der Waals surface area contributed by atoms with Crippen LogP contribution in [-0.4, -0.2) is 154 Å². The van der Waals surface area contributed by atoms with Crippen LogP contribution in [0.1, 0.15) is 100 Å². The molecular weight excluding hydrogens is 1720 g/mol. The zero-order valence-electron chi connectivity index (χ0n) is 63.2. The summed E-state index contributed by atoms with van der Waals surface area (Å²) in [5.41, 5.74) is 5.76. The van der Waals surface area contributed by atoms with Gasteiger partial charge in [-0.3, -0.25) is 42.5 Å². The number of carbonyl (C=O) groups is 6. The highest BCUT2D eigenvalue weighted by Crippen LogP contribution is 2.50. The minimum atomic E-state index is -4.15. The van der Waals surface area contributed by atoms with Crippen molar-refractivity contribution in [3.05, 3.63) is 210 Å². The van der Waals surface area contributed by atoms with Crippen LogP contribution in [0.15, 0.2) is 161 Å². The summed E-state index contributed by atoms with van der Waals surface area (Å²) in [5, 5.41) is 38.2. The summed E-state index contributed by atoms with van der Waals surface area (Å²) in [4.78, 5) is 94.5. The number of hydrogen-bond acceptors (Lipinski definition) is 19. The number of nitriles is 3. The molecule has 30 nitrogen and oxygen atoms in total. The molecule has 39 heteroatoms. The van der Waals surface area contributed by atoms with Gasteiger partial charge < -0.3 is 15.6 Å². The van der Waals surface area contributed by atoms with Crippen LogP contribution in [-0.2, 0) is 99.5 Å². The number of aromatic nitrogens is 6. The van der Waals surface area contributed by atoms with E-state index in [4.69, 9.17) is 90.6 Å². The Hall–Kier alpha value is -10.3. The number of benzene rings is 6. The van der Waals surface area contributed by atoms with Gasteiger partial charge in [-0.15, -0.1) is 0 Å². The number of amides is 4. The third-order valence-electron chi connectivity index (χ3n) is 21.9. The number of fused-ring (bicyclic) bond motifs is 3. The maximum Gasteiger partial charge on any atom is 0.308 e. The average molecular weight is 1790 g/mol. The summed E-state index contributed by atoms with van der Waals surface area (Å²) >= 11 is 37.4. The number of nitrogens with zero attached hydrogens (tertiary/aromatic N) is 15. The number of ether oxygens (including phenoxy) is 1. The zero-order chi connectivity index (χ0) is 85.0. The number of anilines is 6. The van der Waals surface area contributed by atoms with E-state index >= 15 is 0 Å². The van der Waals surface area contributed by atoms with Gasteiger partial charge in [-0.05, 0) is 167 Å². The Bertz CT molecular complexity index is 5750. The van der Waals surface area contributed by atoms with Crippen LogP contribution in [0.5, 0.6) is 0 Å². The van der Waals surface area contributed by atoms with Crippen LogP contribution < -0.4 is 20.4 Å². The van der Waals surface area contributed by atoms with E-state index < -0.39 is 82.2 Å². The van der Waals surface area contributed by atoms with Crippen molar-refractivity contribution in [2.75, 3.05) is 61.1 Å². The van der Waals surface area contributed by atoms with Crippen molar-refractivity contribution in [1.29, 1.82) is 15.8 Å². The summed E-state index contributed by atoms with van der Waals surface area (Å²) in [5.74, 6) is -4.10. The van der Waals surface area contributed by atoms with Gasteiger partial charge in [0.15, 0.2) is 15.1 Å². The Morgan fingerprint density at radius 1 is 0.445 bits per heavy atom. The topological polar surface area (TPSA) is 405 Å². The molecule has 0 spiro atoms. The molecule has 0 radical (unpaired) electrons. The van der Waals surface area contributed by atoms with Gasteiger partial charge in [0.05, 0.1) is 89.5 Å². The normalized spacial score (nSPS) is 19.9. The Balaban J connectivity index is 0.000000163. The molecule has 6 aliphatic rings. The van der Waals surface area contributed by atoms with E-state index in [2.05, 4.69) is 33.2 Å². The first-order chi connectivity index (χ1) is 55.9. The number of carboxylic acids is 1. The number of sulfonamides is 3. The fourth-order valence-electron chi connectivity index (χ4n) is 15.7. The lowest BCUT2D eigenvalue weighted by Crippen LogP contribution is -2.45. The number of hydrogen-bond donors (Lipinski definition) is 2. The van der Waals surface area contributed by atoms with Gasteiger partial charge >= 0.3 is 11.9 Å². The lowest BCUT2D eigenvalue weighted by Gasteiger charge is -2.31. The number of carbonyl (C=O) groups excluding carboxylic acids is 5. The standard InChI is InChI=1S/C27H25Cl2N5O5S.C26H24Cl2N6O4S.C26H23Cl2N5O5S.CH4/c1-27(14-17-3-5-18(15-30)6-4-17)25(36)33(22-12-20(28)11-21(29)13-22)26-31-16-23(34(26)27)40(37,38)32-9-7-19(8-10-32)24(35)39-2;1-26(13-16-2-4-17(14-29)5-3-16)24(36)33(21-11-19(27)10-20(28)12-21)25-31-15-22(34(25)26)39(37,38)32-8-6-18(7-9-32)23(30)35;1-26(13-16-2-4-17(14-29)5-3-16)24(36)32(21-11-19(27)10-20(28)12-21)25-30-15-22(33(25)26)39(37,38)31-8-6-18(7-9-31)23(34)35;/h3-6,11-13,16,19H,7-10,14H2,1-2H3;2-5,10-12,15,18H,6-9,13H2,1H3,(H2,30,35);2-5,10-12,15,18H,6-9,13H2,1H3,(H,34,35);1H4/t27-;2*26-;/m111./s1. The van der Waals surface area contributed by atoms with Crippen molar-refractivity contribution in [3.63, 3.8) is 0 Å². The van der Waals surface area contributed by atoms with Crippen molar-refractivity contribution in [2.24, 2.45) is 23.5 Å². The molecule has 6 aromatic carbocycles. The molecule has 0 bridgehead atoms. The van der Waals surface area contributed by atoms with E-state index in [0.29, 0.717) is 95.1 Å². The lowest BCUT2D eigenvalue weighted by atomic mass is 9.91. The number of imidazole rings is 3. The molecule has 0 saturated carbocycles. The van der Waals surface area contributed by atoms with E-state index in [9.17, 15) is 64.4 Å². The number of nitrogens with two attached hydrogens (primary N) is 1. The summed E-state index contributed by atoms with van der Waals surface area (Å²) in [7, 11) is -11.1. The van der Waals surface area contributed by atoms with Crippen molar-refractivity contribution < 1.29 is 63.9 Å². The maximum atomic E-state index is 14.2. The van der Waals surface area contributed by atoms with E-state index in [1.54, 1.807) is 130 Å². The summed E-state index contributed by atoms with van der Waals surface area (Å²) in [6.07, 6.45) is 5.70. The van der Waals surface area contributed by atoms with Crippen molar-refractivity contribution in [1.82, 2.24) is 41.6 Å². The molecule has 9 heterocycles. The molecule has 0 unspecified atom stereocenters. The van der Waals surface area contributed by atoms with Crippen LogP contribution >= 0.6 is 69.6 Å². The van der Waals surface area contributed by atoms with Crippen LogP contribution in [0.3, 0.4) is 0 Å². The molecule has 3 N–H and O–H groups in total. The molecule has 3 fully saturated rings. The molecule has 6 aliphatic heterocycles. The second-order valence-corrected chi connectivity index (χ2v) is 37.9. The minimum absolute atomic E-state index is 0. The van der Waals surface area contributed by atoms with Gasteiger partial charge in [-0.2, -0.15) is 28.7 Å².